The van der Waals surface area contributed by atoms with Crippen LogP contribution in [0.2, 0.25) is 5.02 Å². The predicted molar refractivity (Wildman–Crippen MR) is 109 cm³/mol. The Labute approximate surface area is 167 Å². The molecule has 0 saturated carbocycles. The largest absolute Gasteiger partial charge is 0.465 e. The van der Waals surface area contributed by atoms with Crippen LogP contribution in [0, 0.1) is 6.92 Å². The van der Waals surface area contributed by atoms with Gasteiger partial charge in [-0.1, -0.05) is 23.7 Å². The molecule has 1 aromatic heterocycles. The summed E-state index contributed by atoms with van der Waals surface area (Å²) in [6.45, 7) is 1.89. The highest BCUT2D eigenvalue weighted by Crippen LogP contribution is 2.21. The summed E-state index contributed by atoms with van der Waals surface area (Å²) in [4.78, 5) is 28.4. The number of nitrogens with one attached hydrogen (secondary N) is 2. The molecule has 0 bridgehead atoms. The molecule has 1 heterocycles. The van der Waals surface area contributed by atoms with E-state index in [4.69, 9.17) is 16.3 Å². The average molecular weight is 396 g/mol. The van der Waals surface area contributed by atoms with Gasteiger partial charge in [0, 0.05) is 28.2 Å². The van der Waals surface area contributed by atoms with Gasteiger partial charge < -0.3 is 15.4 Å². The molecule has 0 aliphatic rings. The smallest absolute Gasteiger partial charge is 0.337 e. The fourth-order valence-corrected chi connectivity index (χ4v) is 2.68. The Kier molecular flexibility index (Phi) is 5.91. The number of carbonyl (C=O) groups excluding carboxylic acids is 2. The maximum atomic E-state index is 12.5. The van der Waals surface area contributed by atoms with Gasteiger partial charge in [-0.3, -0.25) is 4.79 Å². The Bertz CT molecular complexity index is 1040. The molecule has 0 saturated heterocycles. The molecule has 0 unspecified atom stereocenters. The van der Waals surface area contributed by atoms with Gasteiger partial charge in [-0.05, 0) is 55.0 Å². The fraction of sp³-hybridized carbons (Fsp3) is 0.0952. The number of benzene rings is 2. The van der Waals surface area contributed by atoms with Gasteiger partial charge in [0.1, 0.15) is 5.82 Å². The minimum absolute atomic E-state index is 0.284. The number of halogens is 1. The number of anilines is 3. The van der Waals surface area contributed by atoms with Crippen LogP contribution in [0.25, 0.3) is 0 Å². The highest BCUT2D eigenvalue weighted by atomic mass is 35.5. The summed E-state index contributed by atoms with van der Waals surface area (Å²) in [5.41, 5.74) is 3.04. The highest BCUT2D eigenvalue weighted by Gasteiger charge is 2.10. The molecule has 6 nitrogen and oxygen atoms in total. The lowest BCUT2D eigenvalue weighted by atomic mass is 10.2. The average Bonchev–Trinajstić information content (AvgIpc) is 2.70. The molecule has 2 aromatic carbocycles. The van der Waals surface area contributed by atoms with Crippen molar-refractivity contribution in [3.63, 3.8) is 0 Å². The van der Waals surface area contributed by atoms with Gasteiger partial charge in [0.2, 0.25) is 0 Å². The van der Waals surface area contributed by atoms with E-state index in [0.717, 1.165) is 5.56 Å². The van der Waals surface area contributed by atoms with Crippen molar-refractivity contribution < 1.29 is 14.3 Å². The fourth-order valence-electron chi connectivity index (χ4n) is 2.50. The van der Waals surface area contributed by atoms with E-state index < -0.39 is 5.97 Å². The summed E-state index contributed by atoms with van der Waals surface area (Å²) in [7, 11) is 1.33. The van der Waals surface area contributed by atoms with Gasteiger partial charge in [0.15, 0.2) is 0 Å². The summed E-state index contributed by atoms with van der Waals surface area (Å²) in [6.07, 6.45) is 1.53. The summed E-state index contributed by atoms with van der Waals surface area (Å²) < 4.78 is 4.72. The minimum atomic E-state index is -0.429. The van der Waals surface area contributed by atoms with E-state index in [1.807, 2.05) is 13.0 Å². The van der Waals surface area contributed by atoms with Crippen molar-refractivity contribution in [2.75, 3.05) is 17.7 Å². The number of aryl methyl sites for hydroxylation is 1. The van der Waals surface area contributed by atoms with E-state index in [-0.39, 0.29) is 5.91 Å². The lowest BCUT2D eigenvalue weighted by Crippen LogP contribution is -2.12. The van der Waals surface area contributed by atoms with E-state index in [1.54, 1.807) is 48.5 Å². The van der Waals surface area contributed by atoms with Crippen molar-refractivity contribution in [1.82, 2.24) is 4.98 Å². The molecule has 1 amide bonds. The first-order valence-corrected chi connectivity index (χ1v) is 8.83. The number of esters is 1. The lowest BCUT2D eigenvalue weighted by molar-refractivity contribution is 0.0600. The Balaban J connectivity index is 1.75. The third kappa shape index (κ3) is 4.66. The zero-order valence-electron chi connectivity index (χ0n) is 15.3. The standard InChI is InChI=1S/C21H18ClN3O3/c1-13-6-7-17(12-18(13)22)25-20(26)14-8-9-23-19(11-14)24-16-5-3-4-15(10-16)21(27)28-2/h3-12H,1-2H3,(H,23,24)(H,25,26). The Morgan fingerprint density at radius 1 is 1.00 bits per heavy atom. The SMILES string of the molecule is COC(=O)c1cccc(Nc2cc(C(=O)Nc3ccc(C)c(Cl)c3)ccn2)c1. The van der Waals surface area contributed by atoms with Gasteiger partial charge in [0.25, 0.3) is 5.91 Å². The molecule has 0 fully saturated rings. The van der Waals surface area contributed by atoms with E-state index >= 15 is 0 Å². The molecule has 0 aliphatic carbocycles. The second-order valence-corrected chi connectivity index (χ2v) is 6.45. The molecule has 0 radical (unpaired) electrons. The number of carbonyl (C=O) groups is 2. The second kappa shape index (κ2) is 8.54. The highest BCUT2D eigenvalue weighted by molar-refractivity contribution is 6.31. The van der Waals surface area contributed by atoms with Crippen molar-refractivity contribution in [3.05, 3.63) is 82.5 Å². The molecule has 28 heavy (non-hydrogen) atoms. The molecule has 3 aromatic rings. The summed E-state index contributed by atoms with van der Waals surface area (Å²) >= 11 is 6.10. The van der Waals surface area contributed by atoms with Gasteiger partial charge in [-0.15, -0.1) is 0 Å². The van der Waals surface area contributed by atoms with Crippen molar-refractivity contribution in [3.8, 4) is 0 Å². The first-order chi connectivity index (χ1) is 13.5. The first kappa shape index (κ1) is 19.4. The monoisotopic (exact) mass is 395 g/mol. The van der Waals surface area contributed by atoms with Crippen LogP contribution in [0.5, 0.6) is 0 Å². The normalized spacial score (nSPS) is 10.2. The number of aromatic nitrogens is 1. The number of hydrogen-bond acceptors (Lipinski definition) is 5. The second-order valence-electron chi connectivity index (χ2n) is 6.05. The summed E-state index contributed by atoms with van der Waals surface area (Å²) in [5.74, 6) is -0.244. The van der Waals surface area contributed by atoms with E-state index in [1.165, 1.54) is 13.3 Å². The molecule has 0 aliphatic heterocycles. The van der Waals surface area contributed by atoms with E-state index in [9.17, 15) is 9.59 Å². The molecule has 3 rings (SSSR count). The predicted octanol–water partition coefficient (Wildman–Crippen LogP) is 4.83. The zero-order valence-corrected chi connectivity index (χ0v) is 16.1. The number of rotatable bonds is 5. The topological polar surface area (TPSA) is 80.3 Å². The van der Waals surface area contributed by atoms with Crippen LogP contribution in [0.4, 0.5) is 17.2 Å². The van der Waals surface area contributed by atoms with Crippen LogP contribution in [-0.4, -0.2) is 24.0 Å². The van der Waals surface area contributed by atoms with E-state index in [2.05, 4.69) is 15.6 Å². The number of amides is 1. The Morgan fingerprint density at radius 2 is 1.82 bits per heavy atom. The lowest BCUT2D eigenvalue weighted by Gasteiger charge is -2.10. The minimum Gasteiger partial charge on any atom is -0.465 e. The molecule has 7 heteroatoms. The number of methoxy groups -OCH3 is 1. The maximum absolute atomic E-state index is 12.5. The molecule has 2 N–H and O–H groups in total. The van der Waals surface area contributed by atoms with Crippen LogP contribution in [0.15, 0.2) is 60.8 Å². The van der Waals surface area contributed by atoms with Gasteiger partial charge in [-0.2, -0.15) is 0 Å². The van der Waals surface area contributed by atoms with Crippen molar-refractivity contribution in [2.24, 2.45) is 0 Å². The maximum Gasteiger partial charge on any atom is 0.337 e. The first-order valence-electron chi connectivity index (χ1n) is 8.45. The quantitative estimate of drug-likeness (QED) is 0.605. The number of pyridine rings is 1. The number of ether oxygens (including phenoxy) is 1. The summed E-state index contributed by atoms with van der Waals surface area (Å²) in [5, 5.41) is 6.47. The van der Waals surface area contributed by atoms with Crippen LogP contribution < -0.4 is 10.6 Å². The summed E-state index contributed by atoms with van der Waals surface area (Å²) in [6, 6.07) is 15.4. The number of nitrogens with zero attached hydrogens (tertiary/aromatic N) is 1. The van der Waals surface area contributed by atoms with Crippen LogP contribution in [0.1, 0.15) is 26.3 Å². The van der Waals surface area contributed by atoms with Gasteiger partial charge in [-0.25, -0.2) is 9.78 Å². The molecule has 0 spiro atoms. The zero-order chi connectivity index (χ0) is 20.1. The van der Waals surface area contributed by atoms with Gasteiger partial charge >= 0.3 is 5.97 Å². The van der Waals surface area contributed by atoms with E-state index in [0.29, 0.717) is 33.3 Å². The Hall–Kier alpha value is -3.38. The van der Waals surface area contributed by atoms with Crippen LogP contribution in [-0.2, 0) is 4.74 Å². The Morgan fingerprint density at radius 3 is 2.57 bits per heavy atom. The van der Waals surface area contributed by atoms with Crippen LogP contribution >= 0.6 is 11.6 Å². The molecular formula is C21H18ClN3O3. The van der Waals surface area contributed by atoms with Crippen molar-refractivity contribution in [1.29, 1.82) is 0 Å². The third-order valence-corrected chi connectivity index (χ3v) is 4.42. The molecule has 142 valence electrons. The molecular weight excluding hydrogens is 378 g/mol. The van der Waals surface area contributed by atoms with Crippen LogP contribution in [0.3, 0.4) is 0 Å². The van der Waals surface area contributed by atoms with Gasteiger partial charge in [0.05, 0.1) is 12.7 Å². The number of hydrogen-bond donors (Lipinski definition) is 2. The van der Waals surface area contributed by atoms with Crippen molar-refractivity contribution >= 4 is 40.7 Å². The molecule has 0 atom stereocenters. The van der Waals surface area contributed by atoms with Crippen molar-refractivity contribution in [2.45, 2.75) is 6.92 Å². The third-order valence-electron chi connectivity index (χ3n) is 4.01.